The molecule has 1 fully saturated rings. The van der Waals surface area contributed by atoms with Crippen molar-refractivity contribution < 1.29 is 0 Å². The number of rotatable bonds is 2. The maximum Gasteiger partial charge on any atom is 0.226 e. The Bertz CT molecular complexity index is 911. The molecule has 2 aliphatic rings. The summed E-state index contributed by atoms with van der Waals surface area (Å²) in [6, 6.07) is 6.57. The molecule has 23 heavy (non-hydrogen) atoms. The third-order valence-corrected chi connectivity index (χ3v) is 5.78. The smallest absolute Gasteiger partial charge is 0.226 e. The van der Waals surface area contributed by atoms with Gasteiger partial charge >= 0.3 is 0 Å². The third-order valence-electron chi connectivity index (χ3n) is 4.83. The van der Waals surface area contributed by atoms with Gasteiger partial charge in [-0.2, -0.15) is 0 Å². The van der Waals surface area contributed by atoms with Gasteiger partial charge in [0.25, 0.3) is 0 Å². The standard InChI is InChI=1S/C18H18N4S/c1-11-19-15-10-12(6-7-16(15)23-11)17-13-4-2-5-14(13)20-18(21-17)22-8-3-9-22/h6-7,10H,2-5,8-9H2,1H3. The van der Waals surface area contributed by atoms with Gasteiger partial charge in [0.1, 0.15) is 0 Å². The van der Waals surface area contributed by atoms with Crippen molar-refractivity contribution in [2.24, 2.45) is 0 Å². The molecule has 0 N–H and O–H groups in total. The Balaban J connectivity index is 1.69. The average molecular weight is 322 g/mol. The van der Waals surface area contributed by atoms with Crippen LogP contribution in [0.1, 0.15) is 29.1 Å². The maximum absolute atomic E-state index is 4.94. The van der Waals surface area contributed by atoms with Crippen LogP contribution in [0.3, 0.4) is 0 Å². The summed E-state index contributed by atoms with van der Waals surface area (Å²) in [5.74, 6) is 0.918. The lowest BCUT2D eigenvalue weighted by Gasteiger charge is -2.31. The first kappa shape index (κ1) is 13.4. The van der Waals surface area contributed by atoms with Gasteiger partial charge in [0.15, 0.2) is 0 Å². The zero-order chi connectivity index (χ0) is 15.4. The van der Waals surface area contributed by atoms with Crippen LogP contribution < -0.4 is 4.90 Å². The van der Waals surface area contributed by atoms with E-state index in [1.54, 1.807) is 11.3 Å². The summed E-state index contributed by atoms with van der Waals surface area (Å²) in [5, 5.41) is 1.12. The lowest BCUT2D eigenvalue weighted by Crippen LogP contribution is -2.38. The van der Waals surface area contributed by atoms with Crippen molar-refractivity contribution in [3.63, 3.8) is 0 Å². The summed E-state index contributed by atoms with van der Waals surface area (Å²) in [6.45, 7) is 4.24. The minimum Gasteiger partial charge on any atom is -0.341 e. The number of anilines is 1. The van der Waals surface area contributed by atoms with Gasteiger partial charge in [-0.25, -0.2) is 15.0 Å². The average Bonchev–Trinajstić information content (AvgIpc) is 3.08. The minimum absolute atomic E-state index is 0.918. The molecule has 0 spiro atoms. The number of hydrogen-bond acceptors (Lipinski definition) is 5. The van der Waals surface area contributed by atoms with Crippen LogP contribution >= 0.6 is 11.3 Å². The zero-order valence-corrected chi connectivity index (χ0v) is 14.0. The van der Waals surface area contributed by atoms with E-state index in [0.29, 0.717) is 0 Å². The van der Waals surface area contributed by atoms with E-state index in [-0.39, 0.29) is 0 Å². The fourth-order valence-electron chi connectivity index (χ4n) is 3.51. The number of benzene rings is 1. The monoisotopic (exact) mass is 322 g/mol. The predicted molar refractivity (Wildman–Crippen MR) is 94.2 cm³/mol. The second kappa shape index (κ2) is 4.99. The van der Waals surface area contributed by atoms with Gasteiger partial charge in [-0.1, -0.05) is 6.07 Å². The van der Waals surface area contributed by atoms with E-state index in [2.05, 4.69) is 35.0 Å². The van der Waals surface area contributed by atoms with E-state index < -0.39 is 0 Å². The summed E-state index contributed by atoms with van der Waals surface area (Å²) in [7, 11) is 0. The minimum atomic E-state index is 0.918. The molecule has 5 heteroatoms. The van der Waals surface area contributed by atoms with Crippen molar-refractivity contribution >= 4 is 27.5 Å². The Hall–Kier alpha value is -2.01. The second-order valence-corrected chi connectivity index (χ2v) is 7.64. The molecule has 5 rings (SSSR count). The molecular weight excluding hydrogens is 304 g/mol. The van der Waals surface area contributed by atoms with E-state index in [9.17, 15) is 0 Å². The van der Waals surface area contributed by atoms with Crippen LogP contribution in [0.2, 0.25) is 0 Å². The lowest BCUT2D eigenvalue weighted by molar-refractivity contribution is 0.599. The molecule has 1 saturated heterocycles. The Morgan fingerprint density at radius 3 is 2.78 bits per heavy atom. The van der Waals surface area contributed by atoms with Crippen LogP contribution in [0, 0.1) is 6.92 Å². The molecule has 2 aromatic heterocycles. The topological polar surface area (TPSA) is 41.9 Å². The van der Waals surface area contributed by atoms with Gasteiger partial charge in [0.2, 0.25) is 5.95 Å². The van der Waals surface area contributed by atoms with Gasteiger partial charge in [0.05, 0.1) is 20.9 Å². The number of aromatic nitrogens is 3. The van der Waals surface area contributed by atoms with Gasteiger partial charge in [-0.3, -0.25) is 0 Å². The lowest BCUT2D eigenvalue weighted by atomic mass is 10.0. The summed E-state index contributed by atoms with van der Waals surface area (Å²) >= 11 is 1.75. The molecule has 1 aliphatic heterocycles. The first-order chi connectivity index (χ1) is 11.3. The molecule has 3 aromatic rings. The highest BCUT2D eigenvalue weighted by Crippen LogP contribution is 2.34. The molecule has 0 saturated carbocycles. The fourth-order valence-corrected chi connectivity index (χ4v) is 4.31. The molecule has 0 bridgehead atoms. The number of thiazole rings is 1. The van der Waals surface area contributed by atoms with Crippen molar-refractivity contribution in [3.8, 4) is 11.3 Å². The highest BCUT2D eigenvalue weighted by Gasteiger charge is 2.24. The fraction of sp³-hybridized carbons (Fsp3) is 0.389. The van der Waals surface area contributed by atoms with Gasteiger partial charge in [-0.15, -0.1) is 11.3 Å². The normalized spacial score (nSPS) is 16.7. The Kier molecular flexibility index (Phi) is 2.92. The number of hydrogen-bond donors (Lipinski definition) is 0. The van der Waals surface area contributed by atoms with E-state index in [1.165, 1.54) is 34.4 Å². The third kappa shape index (κ3) is 2.14. The molecule has 0 atom stereocenters. The molecule has 1 aromatic carbocycles. The van der Waals surface area contributed by atoms with Crippen molar-refractivity contribution in [2.75, 3.05) is 18.0 Å². The van der Waals surface area contributed by atoms with Gasteiger partial charge < -0.3 is 4.90 Å². The summed E-state index contributed by atoms with van der Waals surface area (Å²) in [6.07, 6.45) is 4.63. The van der Waals surface area contributed by atoms with E-state index in [4.69, 9.17) is 9.97 Å². The van der Waals surface area contributed by atoms with Crippen LogP contribution in [0.5, 0.6) is 0 Å². The molecule has 116 valence electrons. The second-order valence-electron chi connectivity index (χ2n) is 6.41. The van der Waals surface area contributed by atoms with Crippen molar-refractivity contribution in [1.82, 2.24) is 15.0 Å². The quantitative estimate of drug-likeness (QED) is 0.720. The molecule has 4 nitrogen and oxygen atoms in total. The van der Waals surface area contributed by atoms with Gasteiger partial charge in [0, 0.05) is 29.9 Å². The summed E-state index contributed by atoms with van der Waals surface area (Å²) in [5.41, 5.74) is 6.00. The highest BCUT2D eigenvalue weighted by molar-refractivity contribution is 7.18. The first-order valence-corrected chi connectivity index (χ1v) is 9.12. The van der Waals surface area contributed by atoms with Crippen LogP contribution in [0.4, 0.5) is 5.95 Å². The number of nitrogens with zero attached hydrogens (tertiary/aromatic N) is 4. The molecular formula is C18H18N4S. The predicted octanol–water partition coefficient (Wildman–Crippen LogP) is 3.76. The maximum atomic E-state index is 4.94. The summed E-state index contributed by atoms with van der Waals surface area (Å²) < 4.78 is 1.25. The van der Waals surface area contributed by atoms with E-state index in [1.807, 2.05) is 0 Å². The molecule has 3 heterocycles. The van der Waals surface area contributed by atoms with Crippen molar-refractivity contribution in [3.05, 3.63) is 34.5 Å². The number of fused-ring (bicyclic) bond motifs is 2. The van der Waals surface area contributed by atoms with Gasteiger partial charge in [-0.05, 0) is 44.7 Å². The highest BCUT2D eigenvalue weighted by atomic mass is 32.1. The molecule has 1 aliphatic carbocycles. The Morgan fingerprint density at radius 2 is 1.96 bits per heavy atom. The van der Waals surface area contributed by atoms with Crippen LogP contribution in [-0.4, -0.2) is 28.0 Å². The molecule has 0 radical (unpaired) electrons. The Morgan fingerprint density at radius 1 is 1.04 bits per heavy atom. The first-order valence-electron chi connectivity index (χ1n) is 8.30. The van der Waals surface area contributed by atoms with Crippen molar-refractivity contribution in [1.29, 1.82) is 0 Å². The van der Waals surface area contributed by atoms with E-state index in [0.717, 1.165) is 48.1 Å². The van der Waals surface area contributed by atoms with Crippen LogP contribution in [-0.2, 0) is 12.8 Å². The number of aryl methyl sites for hydroxylation is 2. The molecule has 0 amide bonds. The zero-order valence-electron chi connectivity index (χ0n) is 13.2. The largest absolute Gasteiger partial charge is 0.341 e. The summed E-state index contributed by atoms with van der Waals surface area (Å²) in [4.78, 5) is 16.7. The van der Waals surface area contributed by atoms with E-state index >= 15 is 0 Å². The Labute approximate surface area is 139 Å². The SMILES string of the molecule is Cc1nc2cc(-c3nc(N4CCC4)nc4c3CCC4)ccc2s1. The molecule has 0 unspecified atom stereocenters. The van der Waals surface area contributed by atoms with Crippen molar-refractivity contribution in [2.45, 2.75) is 32.6 Å². The van der Waals surface area contributed by atoms with Crippen LogP contribution in [0.15, 0.2) is 18.2 Å². The van der Waals surface area contributed by atoms with Crippen LogP contribution in [0.25, 0.3) is 21.5 Å².